The van der Waals surface area contributed by atoms with E-state index in [1.165, 1.54) is 0 Å². The average molecular weight is 617 g/mol. The molecule has 2 fully saturated rings. The highest BCUT2D eigenvalue weighted by Crippen LogP contribution is 2.38. The summed E-state index contributed by atoms with van der Waals surface area (Å²) in [5.74, 6) is 1.55. The summed E-state index contributed by atoms with van der Waals surface area (Å²) in [5, 5.41) is 0. The maximum atomic E-state index is 12.7. The summed E-state index contributed by atoms with van der Waals surface area (Å²) in [5.41, 5.74) is 1.69. The summed E-state index contributed by atoms with van der Waals surface area (Å²) in [4.78, 5) is 8.78. The normalized spacial score (nSPS) is 25.6. The van der Waals surface area contributed by atoms with E-state index in [1.807, 2.05) is 38.1 Å². The van der Waals surface area contributed by atoms with E-state index in [0.717, 1.165) is 70.6 Å². The molecule has 0 radical (unpaired) electrons. The van der Waals surface area contributed by atoms with E-state index in [4.69, 9.17) is 18.5 Å². The van der Waals surface area contributed by atoms with Crippen LogP contribution in [-0.4, -0.2) is 34.4 Å². The summed E-state index contributed by atoms with van der Waals surface area (Å²) in [6.45, 7) is 3.86. The molecule has 0 spiro atoms. The Morgan fingerprint density at radius 2 is 1.15 bits per heavy atom. The standard InChI is InChI=1S/C24H30Br2N2O5P/c1-15-21(9-11-23(25)27-15)30-17-5-3-7-19(13-17)32-34(29)33-20-8-4-6-18(14-20)31-22-10-12-24(26)28-16(22)2/h9-12,17-20H,3-8,13-14H2,1-2H3/q+1. The highest BCUT2D eigenvalue weighted by molar-refractivity contribution is 9.10. The molecule has 0 aliphatic heterocycles. The van der Waals surface area contributed by atoms with Crippen LogP contribution in [0.25, 0.3) is 0 Å². The Labute approximate surface area is 218 Å². The summed E-state index contributed by atoms with van der Waals surface area (Å²) < 4.78 is 38.2. The zero-order valence-corrected chi connectivity index (χ0v) is 23.5. The van der Waals surface area contributed by atoms with Crippen LogP contribution < -0.4 is 9.47 Å². The summed E-state index contributed by atoms with van der Waals surface area (Å²) in [7, 11) is -2.20. The van der Waals surface area contributed by atoms with Crippen molar-refractivity contribution in [2.75, 3.05) is 0 Å². The fourth-order valence-corrected chi connectivity index (χ4v) is 6.24. The lowest BCUT2D eigenvalue weighted by Crippen LogP contribution is -2.31. The molecule has 184 valence electrons. The van der Waals surface area contributed by atoms with E-state index in [2.05, 4.69) is 41.8 Å². The quantitative estimate of drug-likeness (QED) is 0.226. The molecule has 0 aromatic carbocycles. The van der Waals surface area contributed by atoms with Gasteiger partial charge in [-0.2, -0.15) is 0 Å². The summed E-state index contributed by atoms with van der Waals surface area (Å²) >= 11 is 6.76. The highest BCUT2D eigenvalue weighted by atomic mass is 79.9. The molecule has 0 saturated heterocycles. The zero-order valence-electron chi connectivity index (χ0n) is 19.4. The monoisotopic (exact) mass is 615 g/mol. The maximum absolute atomic E-state index is 12.7. The van der Waals surface area contributed by atoms with Gasteiger partial charge in [-0.05, 0) is 108 Å². The highest BCUT2D eigenvalue weighted by Gasteiger charge is 2.37. The number of aryl methyl sites for hydroxylation is 2. The Morgan fingerprint density at radius 1 is 0.735 bits per heavy atom. The van der Waals surface area contributed by atoms with Crippen LogP contribution in [0.15, 0.2) is 33.5 Å². The molecule has 34 heavy (non-hydrogen) atoms. The minimum Gasteiger partial charge on any atom is -0.488 e. The zero-order chi connectivity index (χ0) is 24.1. The number of hydrogen-bond donors (Lipinski definition) is 0. The molecule has 2 saturated carbocycles. The van der Waals surface area contributed by atoms with Crippen molar-refractivity contribution in [2.24, 2.45) is 0 Å². The summed E-state index contributed by atoms with van der Waals surface area (Å²) in [6.07, 6.45) is 6.64. The lowest BCUT2D eigenvalue weighted by Gasteiger charge is -2.28. The third-order valence-electron chi connectivity index (χ3n) is 6.22. The van der Waals surface area contributed by atoms with Gasteiger partial charge in [0.25, 0.3) is 0 Å². The predicted molar refractivity (Wildman–Crippen MR) is 136 cm³/mol. The van der Waals surface area contributed by atoms with E-state index in [9.17, 15) is 4.57 Å². The van der Waals surface area contributed by atoms with E-state index in [0.29, 0.717) is 12.8 Å². The van der Waals surface area contributed by atoms with Gasteiger partial charge in [0.2, 0.25) is 0 Å². The van der Waals surface area contributed by atoms with Crippen LogP contribution in [0.3, 0.4) is 0 Å². The van der Waals surface area contributed by atoms with Gasteiger partial charge in [0.1, 0.15) is 45.1 Å². The molecule has 7 nitrogen and oxygen atoms in total. The van der Waals surface area contributed by atoms with Crippen LogP contribution >= 0.6 is 40.1 Å². The second kappa shape index (κ2) is 12.2. The Bertz CT molecular complexity index is 934. The lowest BCUT2D eigenvalue weighted by molar-refractivity contribution is 0.0346. The number of aromatic nitrogens is 2. The number of ether oxygens (including phenoxy) is 2. The first-order valence-corrected chi connectivity index (χ1v) is 14.4. The van der Waals surface area contributed by atoms with E-state index in [1.54, 1.807) is 0 Å². The Morgan fingerprint density at radius 3 is 1.56 bits per heavy atom. The van der Waals surface area contributed by atoms with Gasteiger partial charge in [-0.15, -0.1) is 9.05 Å². The molecule has 0 bridgehead atoms. The maximum Gasteiger partial charge on any atom is 0.697 e. The van der Waals surface area contributed by atoms with Gasteiger partial charge < -0.3 is 9.47 Å². The molecule has 4 unspecified atom stereocenters. The van der Waals surface area contributed by atoms with Gasteiger partial charge in [0, 0.05) is 17.4 Å². The lowest BCUT2D eigenvalue weighted by atomic mass is 9.95. The average Bonchev–Trinajstić information content (AvgIpc) is 2.78. The molecule has 2 aliphatic carbocycles. The van der Waals surface area contributed by atoms with Crippen molar-refractivity contribution in [3.05, 3.63) is 44.9 Å². The minimum absolute atomic E-state index is 0.0130. The Kier molecular flexibility index (Phi) is 9.33. The first kappa shape index (κ1) is 26.0. The van der Waals surface area contributed by atoms with Crippen molar-refractivity contribution in [3.63, 3.8) is 0 Å². The van der Waals surface area contributed by atoms with Gasteiger partial charge >= 0.3 is 8.25 Å². The number of rotatable bonds is 8. The first-order valence-electron chi connectivity index (χ1n) is 11.8. The molecule has 2 heterocycles. The molecule has 2 aromatic heterocycles. The summed E-state index contributed by atoms with van der Waals surface area (Å²) in [6, 6.07) is 7.60. The van der Waals surface area contributed by atoms with Crippen LogP contribution in [-0.2, 0) is 13.6 Å². The molecule has 4 rings (SSSR count). The molecule has 10 heteroatoms. The van der Waals surface area contributed by atoms with Crippen molar-refractivity contribution in [1.82, 2.24) is 9.97 Å². The fraction of sp³-hybridized carbons (Fsp3) is 0.583. The predicted octanol–water partition coefficient (Wildman–Crippen LogP) is 7.39. The number of hydrogen-bond acceptors (Lipinski definition) is 7. The van der Waals surface area contributed by atoms with Crippen LogP contribution in [0.4, 0.5) is 0 Å². The van der Waals surface area contributed by atoms with Gasteiger partial charge in [0.05, 0.1) is 11.4 Å². The molecule has 0 amide bonds. The van der Waals surface area contributed by atoms with Crippen molar-refractivity contribution < 1.29 is 23.1 Å². The second-order valence-corrected chi connectivity index (χ2v) is 11.4. The fourth-order valence-electron chi connectivity index (χ4n) is 4.52. The van der Waals surface area contributed by atoms with E-state index >= 15 is 0 Å². The van der Waals surface area contributed by atoms with Crippen molar-refractivity contribution in [3.8, 4) is 11.5 Å². The smallest absolute Gasteiger partial charge is 0.488 e. The second-order valence-electron chi connectivity index (χ2n) is 8.93. The Hall–Kier alpha value is -1.12. The largest absolute Gasteiger partial charge is 0.697 e. The van der Waals surface area contributed by atoms with Crippen LogP contribution in [0.1, 0.15) is 62.8 Å². The van der Waals surface area contributed by atoms with Gasteiger partial charge in [-0.3, -0.25) is 0 Å². The van der Waals surface area contributed by atoms with Crippen molar-refractivity contribution in [1.29, 1.82) is 0 Å². The molecule has 4 atom stereocenters. The van der Waals surface area contributed by atoms with Crippen LogP contribution in [0.5, 0.6) is 11.5 Å². The molecule has 2 aliphatic rings. The van der Waals surface area contributed by atoms with Gasteiger partial charge in [-0.25, -0.2) is 9.97 Å². The third kappa shape index (κ3) is 7.44. The first-order chi connectivity index (χ1) is 16.4. The van der Waals surface area contributed by atoms with E-state index < -0.39 is 8.25 Å². The molecular weight excluding hydrogens is 587 g/mol. The Balaban J connectivity index is 1.24. The van der Waals surface area contributed by atoms with E-state index in [-0.39, 0.29) is 24.4 Å². The number of halogens is 2. The molecule has 0 N–H and O–H groups in total. The van der Waals surface area contributed by atoms with Crippen molar-refractivity contribution >= 4 is 40.1 Å². The minimum atomic E-state index is -2.20. The topological polar surface area (TPSA) is 79.8 Å². The number of pyridine rings is 2. The third-order valence-corrected chi connectivity index (χ3v) is 8.04. The van der Waals surface area contributed by atoms with Crippen LogP contribution in [0.2, 0.25) is 0 Å². The van der Waals surface area contributed by atoms with Crippen LogP contribution in [0, 0.1) is 13.8 Å². The molecular formula is C24H30Br2N2O5P+. The number of nitrogens with zero attached hydrogens (tertiary/aromatic N) is 2. The SMILES string of the molecule is Cc1nc(Br)ccc1OC1CCCC(O[P+](=O)OC2CCCC(Oc3ccc(Br)nc3C)C2)C1. The molecule has 2 aromatic rings. The van der Waals surface area contributed by atoms with Gasteiger partial charge in [0.15, 0.2) is 0 Å². The van der Waals surface area contributed by atoms with Crippen molar-refractivity contribution in [2.45, 2.75) is 89.6 Å². The van der Waals surface area contributed by atoms with Gasteiger partial charge in [-0.1, -0.05) is 0 Å².